The zero-order chi connectivity index (χ0) is 10.3. The maximum atomic E-state index is 11.6. The lowest BCUT2D eigenvalue weighted by atomic mass is 10.2. The van der Waals surface area contributed by atoms with Crippen molar-refractivity contribution in [3.8, 4) is 0 Å². The van der Waals surface area contributed by atoms with Gasteiger partial charge in [0.2, 0.25) is 5.91 Å². The van der Waals surface area contributed by atoms with Crippen LogP contribution in [-0.2, 0) is 4.79 Å². The quantitative estimate of drug-likeness (QED) is 0.617. The van der Waals surface area contributed by atoms with Crippen molar-refractivity contribution in [1.82, 2.24) is 15.3 Å². The van der Waals surface area contributed by atoms with E-state index in [1.54, 1.807) is 4.90 Å². The topological polar surface area (TPSA) is 35.6 Å². The van der Waals surface area contributed by atoms with Crippen LogP contribution in [0.2, 0.25) is 0 Å². The Morgan fingerprint density at radius 2 is 2.21 bits per heavy atom. The van der Waals surface area contributed by atoms with Crippen LogP contribution in [0.1, 0.15) is 26.7 Å². The van der Waals surface area contributed by atoms with Gasteiger partial charge in [-0.3, -0.25) is 9.80 Å². The molecule has 0 saturated carbocycles. The zero-order valence-electron chi connectivity index (χ0n) is 9.00. The van der Waals surface area contributed by atoms with Crippen molar-refractivity contribution < 1.29 is 4.79 Å². The van der Waals surface area contributed by atoms with E-state index in [1.165, 1.54) is 5.57 Å². The molecule has 1 saturated heterocycles. The predicted octanol–water partition coefficient (Wildman–Crippen LogP) is 0.679. The Kier molecular flexibility index (Phi) is 2.23. The molecular formula is C10H17N3O. The second kappa shape index (κ2) is 3.28. The summed E-state index contributed by atoms with van der Waals surface area (Å²) in [6.07, 6.45) is 1.58. The number of hydrazine groups is 1. The van der Waals surface area contributed by atoms with Gasteiger partial charge in [-0.05, 0) is 25.8 Å². The standard InChI is InChI=1S/C10H17N3O/c1-7-8(2)11-13-6-4-5-9(14)12(3)10(7)13/h8,11H,4-6H2,1-3H3. The molecule has 0 radical (unpaired) electrons. The molecule has 14 heavy (non-hydrogen) atoms. The fourth-order valence-corrected chi connectivity index (χ4v) is 2.09. The van der Waals surface area contributed by atoms with Crippen LogP contribution >= 0.6 is 0 Å². The summed E-state index contributed by atoms with van der Waals surface area (Å²) >= 11 is 0. The van der Waals surface area contributed by atoms with E-state index in [9.17, 15) is 4.79 Å². The number of rotatable bonds is 0. The van der Waals surface area contributed by atoms with Gasteiger partial charge in [-0.1, -0.05) is 0 Å². The lowest BCUT2D eigenvalue weighted by Crippen LogP contribution is -2.39. The van der Waals surface area contributed by atoms with Gasteiger partial charge < -0.3 is 4.90 Å². The molecule has 0 bridgehead atoms. The van der Waals surface area contributed by atoms with Gasteiger partial charge >= 0.3 is 0 Å². The van der Waals surface area contributed by atoms with Gasteiger partial charge in [0.05, 0.1) is 0 Å². The second-order valence-electron chi connectivity index (χ2n) is 4.07. The Morgan fingerprint density at radius 3 is 2.93 bits per heavy atom. The van der Waals surface area contributed by atoms with Crippen LogP contribution in [0.15, 0.2) is 11.4 Å². The Hall–Kier alpha value is -1.03. The van der Waals surface area contributed by atoms with Crippen LogP contribution in [0.5, 0.6) is 0 Å². The lowest BCUT2D eigenvalue weighted by molar-refractivity contribution is -0.128. The molecule has 0 aromatic rings. The average Bonchev–Trinajstić information content (AvgIpc) is 2.33. The Balaban J connectivity index is 2.36. The lowest BCUT2D eigenvalue weighted by Gasteiger charge is -2.25. The van der Waals surface area contributed by atoms with Gasteiger partial charge in [-0.15, -0.1) is 0 Å². The Bertz CT molecular complexity index is 298. The van der Waals surface area contributed by atoms with Gasteiger partial charge in [0.25, 0.3) is 0 Å². The van der Waals surface area contributed by atoms with E-state index in [2.05, 4.69) is 24.3 Å². The minimum absolute atomic E-state index is 0.220. The highest BCUT2D eigenvalue weighted by Crippen LogP contribution is 2.25. The van der Waals surface area contributed by atoms with Crippen molar-refractivity contribution in [2.75, 3.05) is 13.6 Å². The Morgan fingerprint density at radius 1 is 1.50 bits per heavy atom. The highest BCUT2D eigenvalue weighted by molar-refractivity contribution is 5.78. The number of carbonyl (C=O) groups is 1. The molecule has 4 heteroatoms. The zero-order valence-corrected chi connectivity index (χ0v) is 9.00. The Labute approximate surface area is 84.5 Å². The molecule has 1 unspecified atom stereocenters. The molecule has 2 rings (SSSR count). The molecule has 0 spiro atoms. The maximum Gasteiger partial charge on any atom is 0.227 e. The predicted molar refractivity (Wildman–Crippen MR) is 54.0 cm³/mol. The van der Waals surface area contributed by atoms with Crippen LogP contribution in [-0.4, -0.2) is 35.5 Å². The summed E-state index contributed by atoms with van der Waals surface area (Å²) in [5.41, 5.74) is 4.61. The molecule has 0 aliphatic carbocycles. The number of carbonyl (C=O) groups excluding carboxylic acids is 1. The third-order valence-corrected chi connectivity index (χ3v) is 3.07. The molecule has 4 nitrogen and oxygen atoms in total. The normalized spacial score (nSPS) is 28.2. The molecule has 78 valence electrons. The number of nitrogens with zero attached hydrogens (tertiary/aromatic N) is 2. The van der Waals surface area contributed by atoms with E-state index >= 15 is 0 Å². The van der Waals surface area contributed by atoms with Crippen molar-refractivity contribution in [3.05, 3.63) is 11.4 Å². The minimum Gasteiger partial charge on any atom is -0.301 e. The van der Waals surface area contributed by atoms with E-state index in [-0.39, 0.29) is 5.91 Å². The molecular weight excluding hydrogens is 178 g/mol. The summed E-state index contributed by atoms with van der Waals surface area (Å²) < 4.78 is 0. The number of hydrogen-bond acceptors (Lipinski definition) is 3. The fraction of sp³-hybridized carbons (Fsp3) is 0.700. The van der Waals surface area contributed by atoms with Gasteiger partial charge in [-0.25, -0.2) is 5.43 Å². The highest BCUT2D eigenvalue weighted by atomic mass is 16.2. The van der Waals surface area contributed by atoms with Crippen molar-refractivity contribution in [2.45, 2.75) is 32.7 Å². The summed E-state index contributed by atoms with van der Waals surface area (Å²) in [6.45, 7) is 5.13. The smallest absolute Gasteiger partial charge is 0.227 e. The van der Waals surface area contributed by atoms with Crippen molar-refractivity contribution in [3.63, 3.8) is 0 Å². The molecule has 2 aliphatic heterocycles. The molecule has 1 fully saturated rings. The average molecular weight is 195 g/mol. The third kappa shape index (κ3) is 1.30. The van der Waals surface area contributed by atoms with Gasteiger partial charge in [0.1, 0.15) is 5.82 Å². The molecule has 0 aromatic carbocycles. The number of amides is 1. The molecule has 0 aromatic heterocycles. The molecule has 2 aliphatic rings. The van der Waals surface area contributed by atoms with Crippen LogP contribution < -0.4 is 5.43 Å². The number of fused-ring (bicyclic) bond motifs is 1. The van der Waals surface area contributed by atoms with Crippen LogP contribution in [0.4, 0.5) is 0 Å². The largest absolute Gasteiger partial charge is 0.301 e. The van der Waals surface area contributed by atoms with E-state index in [0.717, 1.165) is 18.8 Å². The monoisotopic (exact) mass is 195 g/mol. The summed E-state index contributed by atoms with van der Waals surface area (Å²) in [6, 6.07) is 0.346. The molecule has 2 heterocycles. The van der Waals surface area contributed by atoms with E-state index in [0.29, 0.717) is 12.5 Å². The van der Waals surface area contributed by atoms with Crippen LogP contribution in [0, 0.1) is 0 Å². The number of nitrogens with one attached hydrogen (secondary N) is 1. The summed E-state index contributed by atoms with van der Waals surface area (Å²) in [5.74, 6) is 1.28. The SMILES string of the molecule is CC1=C2N(CCCC(=O)N2C)NC1C. The third-order valence-electron chi connectivity index (χ3n) is 3.07. The molecule has 1 amide bonds. The highest BCUT2D eigenvalue weighted by Gasteiger charge is 2.32. The van der Waals surface area contributed by atoms with Crippen LogP contribution in [0.3, 0.4) is 0 Å². The minimum atomic E-state index is 0.220. The molecule has 1 atom stereocenters. The van der Waals surface area contributed by atoms with Gasteiger partial charge in [-0.2, -0.15) is 0 Å². The first kappa shape index (κ1) is 9.52. The van der Waals surface area contributed by atoms with Crippen molar-refractivity contribution >= 4 is 5.91 Å². The van der Waals surface area contributed by atoms with E-state index < -0.39 is 0 Å². The number of hydrogen-bond donors (Lipinski definition) is 1. The summed E-state index contributed by atoms with van der Waals surface area (Å²) in [4.78, 5) is 13.4. The summed E-state index contributed by atoms with van der Waals surface area (Å²) in [5, 5.41) is 2.10. The summed E-state index contributed by atoms with van der Waals surface area (Å²) in [7, 11) is 1.86. The maximum absolute atomic E-state index is 11.6. The first-order valence-electron chi connectivity index (χ1n) is 5.12. The van der Waals surface area contributed by atoms with Gasteiger partial charge in [0.15, 0.2) is 0 Å². The first-order chi connectivity index (χ1) is 6.61. The van der Waals surface area contributed by atoms with Gasteiger partial charge in [0, 0.05) is 26.1 Å². The first-order valence-corrected chi connectivity index (χ1v) is 5.12. The molecule has 1 N–H and O–H groups in total. The second-order valence-corrected chi connectivity index (χ2v) is 4.07. The van der Waals surface area contributed by atoms with Crippen molar-refractivity contribution in [2.24, 2.45) is 0 Å². The van der Waals surface area contributed by atoms with Crippen molar-refractivity contribution in [1.29, 1.82) is 0 Å². The van der Waals surface area contributed by atoms with E-state index in [1.807, 2.05) is 7.05 Å². The van der Waals surface area contributed by atoms with Crippen LogP contribution in [0.25, 0.3) is 0 Å². The fourth-order valence-electron chi connectivity index (χ4n) is 2.09. The van der Waals surface area contributed by atoms with E-state index in [4.69, 9.17) is 0 Å².